The zero-order valence-corrected chi connectivity index (χ0v) is 11.7. The van der Waals surface area contributed by atoms with E-state index in [2.05, 4.69) is 20.1 Å². The number of hydrogen-bond acceptors (Lipinski definition) is 5. The number of hydrogen-bond donors (Lipinski definition) is 1. The molecule has 3 heterocycles. The van der Waals surface area contributed by atoms with Crippen molar-refractivity contribution < 1.29 is 0 Å². The minimum Gasteiger partial charge on any atom is -0.354 e. The third-order valence-corrected chi connectivity index (χ3v) is 3.73. The first-order valence-corrected chi connectivity index (χ1v) is 7.06. The van der Waals surface area contributed by atoms with Crippen LogP contribution >= 0.6 is 0 Å². The molecule has 0 aromatic carbocycles. The number of imidazole rings is 1. The van der Waals surface area contributed by atoms with Crippen LogP contribution in [0.15, 0.2) is 24.5 Å². The summed E-state index contributed by atoms with van der Waals surface area (Å²) in [6, 6.07) is 4.21. The van der Waals surface area contributed by atoms with Gasteiger partial charge in [0.1, 0.15) is 5.69 Å². The first-order chi connectivity index (χ1) is 9.74. The van der Waals surface area contributed by atoms with Gasteiger partial charge in [-0.25, -0.2) is 4.98 Å². The number of aromatic nitrogens is 4. The lowest BCUT2D eigenvalue weighted by atomic mass is 10.2. The maximum atomic E-state index is 6.09. The fourth-order valence-electron chi connectivity index (χ4n) is 2.61. The molecule has 0 saturated carbocycles. The zero-order chi connectivity index (χ0) is 13.9. The Bertz CT molecular complexity index is 561. The second-order valence-electron chi connectivity index (χ2n) is 5.34. The molecule has 1 saturated heterocycles. The van der Waals surface area contributed by atoms with Crippen molar-refractivity contribution >= 4 is 5.82 Å². The van der Waals surface area contributed by atoms with Crippen LogP contribution in [0.4, 0.5) is 5.82 Å². The Labute approximate surface area is 118 Å². The van der Waals surface area contributed by atoms with Gasteiger partial charge < -0.3 is 15.2 Å². The van der Waals surface area contributed by atoms with Gasteiger partial charge in [-0.05, 0) is 25.0 Å². The van der Waals surface area contributed by atoms with E-state index < -0.39 is 0 Å². The van der Waals surface area contributed by atoms with Gasteiger partial charge in [-0.3, -0.25) is 0 Å². The minimum absolute atomic E-state index is 0.230. The highest BCUT2D eigenvalue weighted by atomic mass is 15.3. The molecule has 0 spiro atoms. The van der Waals surface area contributed by atoms with E-state index in [9.17, 15) is 0 Å². The van der Waals surface area contributed by atoms with Crippen LogP contribution in [-0.2, 0) is 7.05 Å². The van der Waals surface area contributed by atoms with Crippen LogP contribution in [0.2, 0.25) is 0 Å². The summed E-state index contributed by atoms with van der Waals surface area (Å²) in [5.74, 6) is 1.73. The molecule has 106 valence electrons. The summed E-state index contributed by atoms with van der Waals surface area (Å²) in [7, 11) is 1.95. The van der Waals surface area contributed by atoms with E-state index in [1.807, 2.05) is 29.9 Å². The second-order valence-corrected chi connectivity index (χ2v) is 5.34. The highest BCUT2D eigenvalue weighted by molar-refractivity contribution is 5.51. The quantitative estimate of drug-likeness (QED) is 0.889. The summed E-state index contributed by atoms with van der Waals surface area (Å²) in [6.45, 7) is 1.86. The number of nitrogens with two attached hydrogens (primary N) is 1. The molecule has 1 fully saturated rings. The Morgan fingerprint density at radius 1 is 1.25 bits per heavy atom. The fraction of sp³-hybridized carbons (Fsp3) is 0.500. The third kappa shape index (κ3) is 2.65. The van der Waals surface area contributed by atoms with Crippen LogP contribution in [0.3, 0.4) is 0 Å². The topological polar surface area (TPSA) is 72.9 Å². The van der Waals surface area contributed by atoms with Gasteiger partial charge in [0, 0.05) is 38.6 Å². The van der Waals surface area contributed by atoms with E-state index in [-0.39, 0.29) is 6.04 Å². The van der Waals surface area contributed by atoms with Gasteiger partial charge in [-0.2, -0.15) is 0 Å². The Morgan fingerprint density at radius 2 is 2.15 bits per heavy atom. The summed E-state index contributed by atoms with van der Waals surface area (Å²) in [6.07, 6.45) is 7.11. The number of anilines is 1. The average molecular weight is 272 g/mol. The van der Waals surface area contributed by atoms with E-state index in [4.69, 9.17) is 5.73 Å². The molecule has 0 amide bonds. The Morgan fingerprint density at radius 3 is 2.85 bits per heavy atom. The van der Waals surface area contributed by atoms with Gasteiger partial charge in [0.25, 0.3) is 0 Å². The predicted octanol–water partition coefficient (Wildman–Crippen LogP) is 1.19. The summed E-state index contributed by atoms with van der Waals surface area (Å²) in [5.41, 5.74) is 6.88. The lowest BCUT2D eigenvalue weighted by Crippen LogP contribution is -2.36. The Hall–Kier alpha value is -1.95. The summed E-state index contributed by atoms with van der Waals surface area (Å²) < 4.78 is 1.94. The summed E-state index contributed by atoms with van der Waals surface area (Å²) in [4.78, 5) is 6.51. The van der Waals surface area contributed by atoms with Crippen molar-refractivity contribution in [3.8, 4) is 11.5 Å². The van der Waals surface area contributed by atoms with Crippen LogP contribution in [0.1, 0.15) is 19.3 Å². The average Bonchev–Trinajstić information content (AvgIpc) is 2.76. The van der Waals surface area contributed by atoms with E-state index in [0.717, 1.165) is 43.3 Å². The molecule has 2 aromatic rings. The largest absolute Gasteiger partial charge is 0.354 e. The minimum atomic E-state index is 0.230. The van der Waals surface area contributed by atoms with Gasteiger partial charge in [-0.15, -0.1) is 10.2 Å². The van der Waals surface area contributed by atoms with Gasteiger partial charge in [0.05, 0.1) is 0 Å². The van der Waals surface area contributed by atoms with Gasteiger partial charge in [0.2, 0.25) is 0 Å². The van der Waals surface area contributed by atoms with Crippen LogP contribution in [-0.4, -0.2) is 38.9 Å². The van der Waals surface area contributed by atoms with E-state index in [0.29, 0.717) is 0 Å². The van der Waals surface area contributed by atoms with Crippen molar-refractivity contribution in [3.05, 3.63) is 24.5 Å². The van der Waals surface area contributed by atoms with Crippen molar-refractivity contribution in [1.82, 2.24) is 19.7 Å². The van der Waals surface area contributed by atoms with Gasteiger partial charge in [0.15, 0.2) is 11.6 Å². The normalized spacial score (nSPS) is 19.9. The van der Waals surface area contributed by atoms with Crippen molar-refractivity contribution in [3.63, 3.8) is 0 Å². The van der Waals surface area contributed by atoms with Gasteiger partial charge in [-0.1, -0.05) is 6.42 Å². The third-order valence-electron chi connectivity index (χ3n) is 3.73. The lowest BCUT2D eigenvalue weighted by molar-refractivity contribution is 0.619. The first kappa shape index (κ1) is 13.1. The molecule has 2 N–H and O–H groups in total. The smallest absolute Gasteiger partial charge is 0.160 e. The zero-order valence-electron chi connectivity index (χ0n) is 11.7. The molecule has 0 radical (unpaired) electrons. The van der Waals surface area contributed by atoms with E-state index in [1.165, 1.54) is 6.42 Å². The first-order valence-electron chi connectivity index (χ1n) is 7.06. The molecule has 1 aliphatic rings. The van der Waals surface area contributed by atoms with Crippen LogP contribution in [0.5, 0.6) is 0 Å². The fourth-order valence-corrected chi connectivity index (χ4v) is 2.61. The van der Waals surface area contributed by atoms with Crippen molar-refractivity contribution in [2.24, 2.45) is 12.8 Å². The van der Waals surface area contributed by atoms with Crippen molar-refractivity contribution in [1.29, 1.82) is 0 Å². The Kier molecular flexibility index (Phi) is 3.64. The molecule has 1 atom stereocenters. The van der Waals surface area contributed by atoms with Crippen LogP contribution in [0, 0.1) is 0 Å². The van der Waals surface area contributed by atoms with Crippen LogP contribution in [0.25, 0.3) is 11.5 Å². The molecule has 1 aliphatic heterocycles. The van der Waals surface area contributed by atoms with E-state index >= 15 is 0 Å². The molecule has 0 unspecified atom stereocenters. The SMILES string of the molecule is Cn1ccnc1-c1ccc(N2CCCC[C@@H](N)C2)nn1. The highest BCUT2D eigenvalue weighted by Gasteiger charge is 2.17. The van der Waals surface area contributed by atoms with Crippen molar-refractivity contribution in [2.75, 3.05) is 18.0 Å². The molecule has 3 rings (SSSR count). The molecule has 6 heteroatoms. The second kappa shape index (κ2) is 5.58. The molecule has 6 nitrogen and oxygen atoms in total. The molecule has 0 bridgehead atoms. The van der Waals surface area contributed by atoms with E-state index in [1.54, 1.807) is 6.20 Å². The molecule has 0 aliphatic carbocycles. The number of nitrogens with zero attached hydrogens (tertiary/aromatic N) is 5. The molecule has 2 aromatic heterocycles. The lowest BCUT2D eigenvalue weighted by Gasteiger charge is -2.23. The maximum absolute atomic E-state index is 6.09. The molecular weight excluding hydrogens is 252 g/mol. The highest BCUT2D eigenvalue weighted by Crippen LogP contribution is 2.19. The van der Waals surface area contributed by atoms with Crippen LogP contribution < -0.4 is 10.6 Å². The standard InChI is InChI=1S/C14H20N6/c1-19-9-7-16-14(19)12-5-6-13(18-17-12)20-8-3-2-4-11(15)10-20/h5-7,9,11H,2-4,8,10,15H2,1H3/t11-/m1/s1. The monoisotopic (exact) mass is 272 g/mol. The molecular formula is C14H20N6. The molecule has 20 heavy (non-hydrogen) atoms. The number of aryl methyl sites for hydroxylation is 1. The predicted molar refractivity (Wildman–Crippen MR) is 78.3 cm³/mol. The van der Waals surface area contributed by atoms with Crippen molar-refractivity contribution in [2.45, 2.75) is 25.3 Å². The summed E-state index contributed by atoms with van der Waals surface area (Å²) >= 11 is 0. The van der Waals surface area contributed by atoms with Gasteiger partial charge >= 0.3 is 0 Å². The Balaban J connectivity index is 1.80. The summed E-state index contributed by atoms with van der Waals surface area (Å²) in [5, 5.41) is 8.64. The maximum Gasteiger partial charge on any atom is 0.160 e. The number of rotatable bonds is 2.